The summed E-state index contributed by atoms with van der Waals surface area (Å²) in [6.45, 7) is 9.35. The van der Waals surface area contributed by atoms with Gasteiger partial charge < -0.3 is 25.4 Å². The predicted octanol–water partition coefficient (Wildman–Crippen LogP) is 4.83. The lowest BCUT2D eigenvalue weighted by molar-refractivity contribution is -0.137. The molecule has 1 heterocycles. The number of hydrogen-bond donors (Lipinski definition) is 3. The van der Waals surface area contributed by atoms with Crippen LogP contribution >= 0.6 is 0 Å². The van der Waals surface area contributed by atoms with Gasteiger partial charge in [0.15, 0.2) is 0 Å². The van der Waals surface area contributed by atoms with Crippen LogP contribution in [-0.4, -0.2) is 42.4 Å². The number of ether oxygens (including phenoxy) is 1. The Hall–Kier alpha value is -3.06. The van der Waals surface area contributed by atoms with Gasteiger partial charge in [-0.3, -0.25) is 4.79 Å². The van der Waals surface area contributed by atoms with Crippen LogP contribution in [0, 0.1) is 6.92 Å². The number of rotatable bonds is 6. The number of nitrogens with one attached hydrogen (secondary N) is 2. The fourth-order valence-electron chi connectivity index (χ4n) is 3.91. The first kappa shape index (κ1) is 22.6. The van der Waals surface area contributed by atoms with Gasteiger partial charge in [0.2, 0.25) is 0 Å². The maximum absolute atomic E-state index is 12.7. The summed E-state index contributed by atoms with van der Waals surface area (Å²) in [7, 11) is 0. The Kier molecular flexibility index (Phi) is 7.17. The number of aryl methyl sites for hydroxylation is 1. The Morgan fingerprint density at radius 3 is 2.35 bits per heavy atom. The zero-order valence-corrected chi connectivity index (χ0v) is 18.5. The van der Waals surface area contributed by atoms with Crippen molar-refractivity contribution in [3.05, 3.63) is 53.6 Å². The van der Waals surface area contributed by atoms with Crippen molar-refractivity contribution in [3.8, 4) is 0 Å². The molecule has 0 aliphatic carbocycles. The number of aliphatic carboxylic acids is 1. The molecule has 0 saturated carbocycles. The molecular formula is C24H31N3O4. The van der Waals surface area contributed by atoms with Gasteiger partial charge in [-0.1, -0.05) is 30.7 Å². The molecule has 7 heteroatoms. The number of carboxylic acids is 1. The van der Waals surface area contributed by atoms with Gasteiger partial charge in [-0.25, -0.2) is 4.79 Å². The molecule has 7 nitrogen and oxygen atoms in total. The number of morpholine rings is 1. The van der Waals surface area contributed by atoms with Gasteiger partial charge in [0, 0.05) is 18.8 Å². The highest BCUT2D eigenvalue weighted by atomic mass is 16.5. The second-order valence-electron chi connectivity index (χ2n) is 8.38. The third-order valence-corrected chi connectivity index (χ3v) is 5.39. The minimum atomic E-state index is -0.848. The maximum Gasteiger partial charge on any atom is 0.323 e. The zero-order valence-electron chi connectivity index (χ0n) is 18.5. The van der Waals surface area contributed by atoms with Gasteiger partial charge >= 0.3 is 12.0 Å². The number of nitrogens with zero attached hydrogens (tertiary/aromatic N) is 1. The molecule has 1 unspecified atom stereocenters. The summed E-state index contributed by atoms with van der Waals surface area (Å²) in [4.78, 5) is 26.1. The first-order valence-electron chi connectivity index (χ1n) is 10.6. The third kappa shape index (κ3) is 6.21. The highest BCUT2D eigenvalue weighted by Crippen LogP contribution is 2.33. The average molecular weight is 426 g/mol. The van der Waals surface area contributed by atoms with E-state index in [1.54, 1.807) is 0 Å². The van der Waals surface area contributed by atoms with Gasteiger partial charge in [0.05, 0.1) is 30.0 Å². The fourth-order valence-corrected chi connectivity index (χ4v) is 3.91. The number of amides is 2. The van der Waals surface area contributed by atoms with E-state index < -0.39 is 5.97 Å². The van der Waals surface area contributed by atoms with Crippen molar-refractivity contribution in [2.45, 2.75) is 52.2 Å². The van der Waals surface area contributed by atoms with E-state index in [1.165, 1.54) is 0 Å². The van der Waals surface area contributed by atoms with Gasteiger partial charge in [0.25, 0.3) is 0 Å². The van der Waals surface area contributed by atoms with Crippen molar-refractivity contribution >= 4 is 29.1 Å². The Balaban J connectivity index is 1.86. The Morgan fingerprint density at radius 2 is 1.74 bits per heavy atom. The van der Waals surface area contributed by atoms with E-state index >= 15 is 0 Å². The van der Waals surface area contributed by atoms with E-state index in [4.69, 9.17) is 9.84 Å². The summed E-state index contributed by atoms with van der Waals surface area (Å²) in [6, 6.07) is 13.0. The molecule has 31 heavy (non-hydrogen) atoms. The highest BCUT2D eigenvalue weighted by Gasteiger charge is 2.25. The van der Waals surface area contributed by atoms with E-state index in [9.17, 15) is 9.59 Å². The van der Waals surface area contributed by atoms with Crippen molar-refractivity contribution in [1.82, 2.24) is 0 Å². The number of hydrogen-bond acceptors (Lipinski definition) is 4. The van der Waals surface area contributed by atoms with Crippen molar-refractivity contribution in [2.75, 3.05) is 28.6 Å². The average Bonchev–Trinajstić information content (AvgIpc) is 2.68. The van der Waals surface area contributed by atoms with Crippen molar-refractivity contribution < 1.29 is 19.4 Å². The second-order valence-corrected chi connectivity index (χ2v) is 8.38. The molecule has 3 rings (SSSR count). The van der Waals surface area contributed by atoms with Crippen LogP contribution < -0.4 is 15.5 Å². The summed E-state index contributed by atoms with van der Waals surface area (Å²) in [5.74, 6) is -1.02. The molecule has 1 saturated heterocycles. The smallest absolute Gasteiger partial charge is 0.323 e. The molecule has 2 aromatic rings. The quantitative estimate of drug-likeness (QED) is 0.617. The van der Waals surface area contributed by atoms with E-state index in [-0.39, 0.29) is 30.6 Å². The van der Waals surface area contributed by atoms with Gasteiger partial charge in [-0.15, -0.1) is 0 Å². The molecule has 0 radical (unpaired) electrons. The largest absolute Gasteiger partial charge is 0.481 e. The van der Waals surface area contributed by atoms with Crippen LogP contribution in [0.5, 0.6) is 0 Å². The summed E-state index contributed by atoms with van der Waals surface area (Å²) in [6.07, 6.45) is 0.173. The first-order chi connectivity index (χ1) is 14.7. The summed E-state index contributed by atoms with van der Waals surface area (Å²) >= 11 is 0. The van der Waals surface area contributed by atoms with E-state index in [0.29, 0.717) is 24.5 Å². The summed E-state index contributed by atoms with van der Waals surface area (Å²) in [5, 5.41) is 15.0. The summed E-state index contributed by atoms with van der Waals surface area (Å²) < 4.78 is 5.85. The maximum atomic E-state index is 12.7. The molecule has 0 bridgehead atoms. The monoisotopic (exact) mass is 425 g/mol. The molecule has 0 spiro atoms. The molecule has 1 aliphatic heterocycles. The standard InChI is InChI=1S/C24H31N3O4/c1-15-5-8-20(9-6-15)25-24(30)26-21-12-19(16(2)11-23(28)29)7-10-22(21)27-13-17(3)31-18(4)14-27/h5-10,12,16-18H,11,13-14H2,1-4H3,(H,28,29)(H2,25,26,30)/t16?,17-,18+. The molecule has 1 fully saturated rings. The van der Waals surface area contributed by atoms with Crippen molar-refractivity contribution in [1.29, 1.82) is 0 Å². The molecular weight excluding hydrogens is 394 g/mol. The number of carbonyl (C=O) groups excluding carboxylic acids is 1. The number of carboxylic acid groups (broad SMARTS) is 1. The van der Waals surface area contributed by atoms with E-state index in [0.717, 1.165) is 16.8 Å². The lowest BCUT2D eigenvalue weighted by Gasteiger charge is -2.38. The lowest BCUT2D eigenvalue weighted by atomic mass is 9.96. The SMILES string of the molecule is Cc1ccc(NC(=O)Nc2cc(C(C)CC(=O)O)ccc2N2C[C@@H](C)O[C@@H](C)C2)cc1. The van der Waals surface area contributed by atoms with E-state index in [2.05, 4.69) is 15.5 Å². The third-order valence-electron chi connectivity index (χ3n) is 5.39. The van der Waals surface area contributed by atoms with Gasteiger partial charge in [0.1, 0.15) is 0 Å². The minimum Gasteiger partial charge on any atom is -0.481 e. The first-order valence-corrected chi connectivity index (χ1v) is 10.6. The molecule has 166 valence electrons. The normalized spacial score (nSPS) is 19.5. The lowest BCUT2D eigenvalue weighted by Crippen LogP contribution is -2.45. The second kappa shape index (κ2) is 9.83. The molecule has 2 aromatic carbocycles. The van der Waals surface area contributed by atoms with Crippen LogP contribution in [0.1, 0.15) is 44.2 Å². The van der Waals surface area contributed by atoms with E-state index in [1.807, 2.05) is 70.2 Å². The Bertz CT molecular complexity index is 919. The van der Waals surface area contributed by atoms with Gasteiger partial charge in [-0.05, 0) is 56.5 Å². The highest BCUT2D eigenvalue weighted by molar-refractivity contribution is 6.02. The number of benzene rings is 2. The molecule has 1 aliphatic rings. The van der Waals surface area contributed by atoms with Crippen LogP contribution in [0.15, 0.2) is 42.5 Å². The van der Waals surface area contributed by atoms with Crippen LogP contribution in [-0.2, 0) is 9.53 Å². The van der Waals surface area contributed by atoms with Crippen molar-refractivity contribution in [3.63, 3.8) is 0 Å². The molecule has 0 aromatic heterocycles. The predicted molar refractivity (Wildman–Crippen MR) is 123 cm³/mol. The van der Waals surface area contributed by atoms with Crippen molar-refractivity contribution in [2.24, 2.45) is 0 Å². The van der Waals surface area contributed by atoms with Crippen LogP contribution in [0.2, 0.25) is 0 Å². The van der Waals surface area contributed by atoms with Crippen LogP contribution in [0.25, 0.3) is 0 Å². The minimum absolute atomic E-state index is 0.0277. The summed E-state index contributed by atoms with van der Waals surface area (Å²) in [5.41, 5.74) is 4.23. The topological polar surface area (TPSA) is 90.9 Å². The van der Waals surface area contributed by atoms with Gasteiger partial charge in [-0.2, -0.15) is 0 Å². The zero-order chi connectivity index (χ0) is 22.5. The molecule has 3 N–H and O–H groups in total. The molecule has 3 atom stereocenters. The number of urea groups is 1. The number of anilines is 3. The Morgan fingerprint density at radius 1 is 1.10 bits per heavy atom. The van der Waals surface area contributed by atoms with Crippen LogP contribution in [0.3, 0.4) is 0 Å². The molecule has 2 amide bonds. The number of carbonyl (C=O) groups is 2. The fraction of sp³-hybridized carbons (Fsp3) is 0.417. The Labute approximate surface area is 183 Å². The van der Waals surface area contributed by atoms with Crippen LogP contribution in [0.4, 0.5) is 21.9 Å².